The number of halogens is 1. The van der Waals surface area contributed by atoms with Crippen molar-refractivity contribution in [1.82, 2.24) is 9.58 Å². The number of hydrogen-bond acceptors (Lipinski definition) is 3. The van der Waals surface area contributed by atoms with Gasteiger partial charge in [-0.25, -0.2) is 5.01 Å². The van der Waals surface area contributed by atoms with Gasteiger partial charge in [0.2, 0.25) is 0 Å². The summed E-state index contributed by atoms with van der Waals surface area (Å²) in [6.45, 7) is 0. The lowest BCUT2D eigenvalue weighted by Gasteiger charge is -2.19. The first-order valence-corrected chi connectivity index (χ1v) is 7.79. The van der Waals surface area contributed by atoms with Crippen molar-refractivity contribution >= 4 is 40.7 Å². The van der Waals surface area contributed by atoms with Gasteiger partial charge in [-0.1, -0.05) is 35.9 Å². The Balaban J connectivity index is 1.92. The standard InChI is InChI=1S/C18H13ClN4/c1-21-18-10-22-16-9-13(19)7-6-12(16)8-17(22)14-4-2-3-5-15(14)23(18)11-20-21/h2-11H,1H3. The molecule has 112 valence electrons. The molecule has 0 fully saturated rings. The molecule has 0 saturated carbocycles. The second kappa shape index (κ2) is 4.40. The number of fused-ring (bicyclic) bond motifs is 7. The highest BCUT2D eigenvalue weighted by Crippen LogP contribution is 2.40. The largest absolute Gasteiger partial charge is 0.312 e. The fraction of sp³-hybridized carbons (Fsp3) is 0.0556. The van der Waals surface area contributed by atoms with Crippen LogP contribution in [0.15, 0.2) is 59.5 Å². The van der Waals surface area contributed by atoms with Gasteiger partial charge in [-0.05, 0) is 24.3 Å². The number of rotatable bonds is 0. The highest BCUT2D eigenvalue weighted by atomic mass is 35.5. The first kappa shape index (κ1) is 12.8. The van der Waals surface area contributed by atoms with Crippen molar-refractivity contribution in [2.45, 2.75) is 0 Å². The van der Waals surface area contributed by atoms with Crippen molar-refractivity contribution in [1.29, 1.82) is 0 Å². The lowest BCUT2D eigenvalue weighted by Crippen LogP contribution is -2.21. The topological polar surface area (TPSA) is 23.8 Å². The summed E-state index contributed by atoms with van der Waals surface area (Å²) in [5.41, 5.74) is 4.55. The molecule has 2 aliphatic rings. The van der Waals surface area contributed by atoms with Gasteiger partial charge in [0.05, 0.1) is 23.1 Å². The lowest BCUT2D eigenvalue weighted by atomic mass is 10.1. The number of para-hydroxylation sites is 1. The number of aromatic nitrogens is 1. The van der Waals surface area contributed by atoms with E-state index in [4.69, 9.17) is 11.6 Å². The Morgan fingerprint density at radius 1 is 1.04 bits per heavy atom. The van der Waals surface area contributed by atoms with E-state index in [1.165, 1.54) is 10.9 Å². The molecule has 1 aromatic heterocycles. The zero-order valence-electron chi connectivity index (χ0n) is 12.4. The summed E-state index contributed by atoms with van der Waals surface area (Å²) in [4.78, 5) is 2.11. The van der Waals surface area contributed by atoms with E-state index in [0.717, 1.165) is 27.7 Å². The summed E-state index contributed by atoms with van der Waals surface area (Å²) in [5, 5.41) is 8.19. The average Bonchev–Trinajstić information content (AvgIpc) is 3.05. The zero-order chi connectivity index (χ0) is 15.6. The van der Waals surface area contributed by atoms with Crippen molar-refractivity contribution < 1.29 is 0 Å². The fourth-order valence-corrected chi connectivity index (χ4v) is 3.46. The fourth-order valence-electron chi connectivity index (χ4n) is 3.29. The van der Waals surface area contributed by atoms with E-state index in [2.05, 4.69) is 57.2 Å². The van der Waals surface area contributed by atoms with Crippen LogP contribution in [0.2, 0.25) is 5.02 Å². The Morgan fingerprint density at radius 2 is 1.91 bits per heavy atom. The minimum Gasteiger partial charge on any atom is -0.312 e. The molecule has 5 heteroatoms. The van der Waals surface area contributed by atoms with Gasteiger partial charge in [0, 0.05) is 23.0 Å². The second-order valence-electron chi connectivity index (χ2n) is 5.73. The Kier molecular flexibility index (Phi) is 2.44. The van der Waals surface area contributed by atoms with Crippen LogP contribution in [-0.2, 0) is 0 Å². The molecule has 0 radical (unpaired) electrons. The molecule has 3 aromatic rings. The molecular formula is C18H13ClN4. The lowest BCUT2D eigenvalue weighted by molar-refractivity contribution is 0.468. The maximum Gasteiger partial charge on any atom is 0.151 e. The van der Waals surface area contributed by atoms with Crippen molar-refractivity contribution in [3.63, 3.8) is 0 Å². The molecule has 0 bridgehead atoms. The first-order chi connectivity index (χ1) is 11.2. The molecule has 0 N–H and O–H groups in total. The molecule has 0 aliphatic carbocycles. The number of benzene rings is 2. The van der Waals surface area contributed by atoms with E-state index in [1.54, 1.807) is 0 Å². The molecule has 0 saturated heterocycles. The minimum absolute atomic E-state index is 0.738. The average molecular weight is 321 g/mol. The Bertz CT molecular complexity index is 1020. The molecule has 2 aromatic carbocycles. The number of nitrogens with zero attached hydrogens (tertiary/aromatic N) is 4. The smallest absolute Gasteiger partial charge is 0.151 e. The van der Waals surface area contributed by atoms with E-state index in [0.29, 0.717) is 0 Å². The zero-order valence-corrected chi connectivity index (χ0v) is 13.2. The van der Waals surface area contributed by atoms with Crippen LogP contribution < -0.4 is 4.90 Å². The van der Waals surface area contributed by atoms with E-state index in [1.807, 2.05) is 30.5 Å². The molecule has 23 heavy (non-hydrogen) atoms. The van der Waals surface area contributed by atoms with Crippen LogP contribution in [0.4, 0.5) is 5.69 Å². The molecule has 0 spiro atoms. The summed E-state index contributed by atoms with van der Waals surface area (Å²) < 4.78 is 2.19. The maximum atomic E-state index is 6.22. The Morgan fingerprint density at radius 3 is 2.83 bits per heavy atom. The van der Waals surface area contributed by atoms with Gasteiger partial charge in [-0.2, -0.15) is 5.10 Å². The first-order valence-electron chi connectivity index (χ1n) is 7.41. The van der Waals surface area contributed by atoms with Crippen molar-refractivity contribution in [2.75, 3.05) is 11.9 Å². The summed E-state index contributed by atoms with van der Waals surface area (Å²) in [7, 11) is 1.95. The van der Waals surface area contributed by atoms with Crippen LogP contribution in [0, 0.1) is 0 Å². The predicted molar refractivity (Wildman–Crippen MR) is 95.4 cm³/mol. The number of hydrogen-bond donors (Lipinski definition) is 0. The van der Waals surface area contributed by atoms with Crippen LogP contribution in [0.3, 0.4) is 0 Å². The third kappa shape index (κ3) is 1.69. The van der Waals surface area contributed by atoms with Gasteiger partial charge in [0.1, 0.15) is 6.34 Å². The number of anilines is 1. The van der Waals surface area contributed by atoms with Gasteiger partial charge in [-0.15, -0.1) is 0 Å². The minimum atomic E-state index is 0.738. The van der Waals surface area contributed by atoms with Gasteiger partial charge < -0.3 is 4.57 Å². The quantitative estimate of drug-likeness (QED) is 0.612. The van der Waals surface area contributed by atoms with Crippen molar-refractivity contribution in [3.8, 4) is 11.3 Å². The van der Waals surface area contributed by atoms with E-state index in [9.17, 15) is 0 Å². The second-order valence-corrected chi connectivity index (χ2v) is 6.17. The van der Waals surface area contributed by atoms with E-state index >= 15 is 0 Å². The van der Waals surface area contributed by atoms with Crippen LogP contribution in [0.25, 0.3) is 28.4 Å². The summed E-state index contributed by atoms with van der Waals surface area (Å²) >= 11 is 6.22. The third-order valence-electron chi connectivity index (χ3n) is 4.41. The van der Waals surface area contributed by atoms with Gasteiger partial charge >= 0.3 is 0 Å². The Hall–Kier alpha value is -2.72. The van der Waals surface area contributed by atoms with Gasteiger partial charge in [-0.3, -0.25) is 4.90 Å². The van der Waals surface area contributed by atoms with Crippen molar-refractivity contribution in [3.05, 3.63) is 59.4 Å². The van der Waals surface area contributed by atoms with Crippen LogP contribution in [0.5, 0.6) is 0 Å². The van der Waals surface area contributed by atoms with E-state index < -0.39 is 0 Å². The molecular weight excluding hydrogens is 308 g/mol. The summed E-state index contributed by atoms with van der Waals surface area (Å²) in [6.07, 6.45) is 3.97. The monoisotopic (exact) mass is 320 g/mol. The molecule has 2 aliphatic heterocycles. The molecule has 0 atom stereocenters. The highest BCUT2D eigenvalue weighted by molar-refractivity contribution is 6.31. The number of hydrazone groups is 1. The normalized spacial score (nSPS) is 15.3. The molecule has 0 amide bonds. The molecule has 0 unspecified atom stereocenters. The van der Waals surface area contributed by atoms with Crippen molar-refractivity contribution in [2.24, 2.45) is 5.10 Å². The van der Waals surface area contributed by atoms with Gasteiger partial charge in [0.15, 0.2) is 5.82 Å². The van der Waals surface area contributed by atoms with Crippen LogP contribution in [0.1, 0.15) is 0 Å². The summed E-state index contributed by atoms with van der Waals surface area (Å²) in [6, 6.07) is 16.6. The maximum absolute atomic E-state index is 6.22. The Labute approximate surface area is 138 Å². The predicted octanol–water partition coefficient (Wildman–Crippen LogP) is 4.43. The SMILES string of the molecule is CN1N=CN2C1=Cn1c(cc3ccc(Cl)cc31)-c1ccccc12. The van der Waals surface area contributed by atoms with Gasteiger partial charge in [0.25, 0.3) is 0 Å². The molecule has 5 rings (SSSR count). The van der Waals surface area contributed by atoms with E-state index in [-0.39, 0.29) is 0 Å². The van der Waals surface area contributed by atoms with Crippen LogP contribution >= 0.6 is 11.6 Å². The summed E-state index contributed by atoms with van der Waals surface area (Å²) in [5.74, 6) is 1.01. The van der Waals surface area contributed by atoms with Crippen LogP contribution in [-0.4, -0.2) is 23.0 Å². The molecule has 3 heterocycles. The third-order valence-corrected chi connectivity index (χ3v) is 4.64. The molecule has 4 nitrogen and oxygen atoms in total. The highest BCUT2D eigenvalue weighted by Gasteiger charge is 2.27.